The highest BCUT2D eigenvalue weighted by Gasteiger charge is 2.59. The van der Waals surface area contributed by atoms with Crippen molar-refractivity contribution in [3.05, 3.63) is 0 Å². The minimum atomic E-state index is -3.01. The van der Waals surface area contributed by atoms with Crippen LogP contribution in [-0.4, -0.2) is 36.2 Å². The first-order valence-corrected chi connectivity index (χ1v) is 8.52. The Labute approximate surface area is 141 Å². The number of esters is 1. The number of alkyl halides is 2. The van der Waals surface area contributed by atoms with Gasteiger partial charge in [0.05, 0.1) is 12.5 Å². The van der Waals surface area contributed by atoms with Crippen LogP contribution in [0.5, 0.6) is 0 Å². The van der Waals surface area contributed by atoms with Crippen LogP contribution in [0.3, 0.4) is 0 Å². The molecule has 0 radical (unpaired) electrons. The number of amides is 1. The number of ether oxygens (including phenoxy) is 2. The molecule has 0 bridgehead atoms. The molecule has 1 spiro atoms. The predicted octanol–water partition coefficient (Wildman–Crippen LogP) is 3.66. The highest BCUT2D eigenvalue weighted by Crippen LogP contribution is 2.61. The van der Waals surface area contributed by atoms with Crippen LogP contribution in [0.1, 0.15) is 59.8 Å². The van der Waals surface area contributed by atoms with Gasteiger partial charge in [0.25, 0.3) is 5.92 Å². The molecule has 138 valence electrons. The maximum absolute atomic E-state index is 14.5. The van der Waals surface area contributed by atoms with E-state index in [2.05, 4.69) is 5.32 Å². The maximum Gasteiger partial charge on any atom is 0.408 e. The third-order valence-corrected chi connectivity index (χ3v) is 4.76. The Morgan fingerprint density at radius 3 is 2.29 bits per heavy atom. The molecule has 5 nitrogen and oxygen atoms in total. The van der Waals surface area contributed by atoms with E-state index in [1.54, 1.807) is 27.7 Å². The normalized spacial score (nSPS) is 25.7. The summed E-state index contributed by atoms with van der Waals surface area (Å²) in [7, 11) is 0. The van der Waals surface area contributed by atoms with E-state index in [0.717, 1.165) is 12.8 Å². The van der Waals surface area contributed by atoms with Crippen LogP contribution in [0, 0.1) is 11.3 Å². The van der Waals surface area contributed by atoms with E-state index >= 15 is 0 Å². The van der Waals surface area contributed by atoms with Crippen molar-refractivity contribution in [3.8, 4) is 0 Å². The minimum Gasteiger partial charge on any atom is -0.464 e. The molecule has 0 aromatic carbocycles. The average molecular weight is 347 g/mol. The summed E-state index contributed by atoms with van der Waals surface area (Å²) in [5, 5.41) is 2.33. The highest BCUT2D eigenvalue weighted by atomic mass is 19.3. The first-order chi connectivity index (χ1) is 11.0. The van der Waals surface area contributed by atoms with Crippen LogP contribution in [-0.2, 0) is 14.3 Å². The number of hydrogen-bond acceptors (Lipinski definition) is 4. The van der Waals surface area contributed by atoms with Gasteiger partial charge >= 0.3 is 12.1 Å². The lowest BCUT2D eigenvalue weighted by molar-refractivity contribution is -0.160. The summed E-state index contributed by atoms with van der Waals surface area (Å²) in [6.45, 7) is 6.67. The van der Waals surface area contributed by atoms with Gasteiger partial charge in [-0.2, -0.15) is 0 Å². The van der Waals surface area contributed by atoms with E-state index in [0.29, 0.717) is 6.42 Å². The molecule has 0 unspecified atom stereocenters. The number of rotatable bonds is 4. The van der Waals surface area contributed by atoms with Gasteiger partial charge in [0.15, 0.2) is 0 Å². The Morgan fingerprint density at radius 2 is 1.79 bits per heavy atom. The minimum absolute atomic E-state index is 0.0643. The predicted molar refractivity (Wildman–Crippen MR) is 83.7 cm³/mol. The number of alkyl carbamates (subject to hydrolysis) is 1. The SMILES string of the molecule is CCOC(=O)[C@@H](NC(=O)OC(C)(C)C)[C@@H]1CC2(CC2)CCC1(F)F. The quantitative estimate of drug-likeness (QED) is 0.788. The fourth-order valence-corrected chi connectivity index (χ4v) is 3.32. The second-order valence-corrected chi connectivity index (χ2v) is 7.95. The zero-order chi connectivity index (χ0) is 18.2. The van der Waals surface area contributed by atoms with Gasteiger partial charge in [-0.15, -0.1) is 0 Å². The van der Waals surface area contributed by atoms with Gasteiger partial charge in [0.1, 0.15) is 11.6 Å². The van der Waals surface area contributed by atoms with Crippen molar-refractivity contribution >= 4 is 12.1 Å². The van der Waals surface area contributed by atoms with E-state index < -0.39 is 35.5 Å². The zero-order valence-corrected chi connectivity index (χ0v) is 14.8. The third kappa shape index (κ3) is 4.57. The third-order valence-electron chi connectivity index (χ3n) is 4.76. The van der Waals surface area contributed by atoms with Gasteiger partial charge in [-0.3, -0.25) is 0 Å². The van der Waals surface area contributed by atoms with Crippen LogP contribution >= 0.6 is 0 Å². The fraction of sp³-hybridized carbons (Fsp3) is 0.882. The standard InChI is InChI=1S/C17H27F2NO4/c1-5-23-13(21)12(20-14(22)24-15(2,3)4)11-10-16(6-7-16)8-9-17(11,18)19/h11-12H,5-10H2,1-4H3,(H,20,22)/t11-,12-/m0/s1. The summed E-state index contributed by atoms with van der Waals surface area (Å²) >= 11 is 0. The van der Waals surface area contributed by atoms with E-state index in [9.17, 15) is 18.4 Å². The topological polar surface area (TPSA) is 64.6 Å². The van der Waals surface area contributed by atoms with Crippen molar-refractivity contribution < 1.29 is 27.8 Å². The molecule has 2 rings (SSSR count). The number of hydrogen-bond donors (Lipinski definition) is 1. The molecule has 2 saturated carbocycles. The molecule has 0 saturated heterocycles. The lowest BCUT2D eigenvalue weighted by Crippen LogP contribution is -2.55. The van der Waals surface area contributed by atoms with Gasteiger partial charge in [-0.05, 0) is 58.8 Å². The Hall–Kier alpha value is -1.40. The molecule has 1 amide bonds. The average Bonchev–Trinajstić information content (AvgIpc) is 3.18. The molecular formula is C17H27F2NO4. The van der Waals surface area contributed by atoms with Crippen LogP contribution in [0.15, 0.2) is 0 Å². The number of nitrogens with one attached hydrogen (secondary N) is 1. The van der Waals surface area contributed by atoms with Crippen molar-refractivity contribution in [3.63, 3.8) is 0 Å². The summed E-state index contributed by atoms with van der Waals surface area (Å²) in [5.41, 5.74) is -0.872. The summed E-state index contributed by atoms with van der Waals surface area (Å²) < 4.78 is 39.0. The van der Waals surface area contributed by atoms with E-state index in [4.69, 9.17) is 9.47 Å². The van der Waals surface area contributed by atoms with Gasteiger partial charge in [-0.1, -0.05) is 0 Å². The molecule has 0 aliphatic heterocycles. The van der Waals surface area contributed by atoms with E-state index in [1.807, 2.05) is 0 Å². The second kappa shape index (κ2) is 6.48. The highest BCUT2D eigenvalue weighted by molar-refractivity contribution is 5.82. The van der Waals surface area contributed by atoms with Gasteiger partial charge in [-0.25, -0.2) is 18.4 Å². The van der Waals surface area contributed by atoms with Crippen molar-refractivity contribution in [1.82, 2.24) is 5.32 Å². The Kier molecular flexibility index (Phi) is 5.11. The largest absolute Gasteiger partial charge is 0.464 e. The van der Waals surface area contributed by atoms with Crippen LogP contribution in [0.25, 0.3) is 0 Å². The Balaban J connectivity index is 2.17. The molecule has 1 N–H and O–H groups in total. The van der Waals surface area contributed by atoms with Crippen molar-refractivity contribution in [2.75, 3.05) is 6.61 Å². The second-order valence-electron chi connectivity index (χ2n) is 7.95. The van der Waals surface area contributed by atoms with Gasteiger partial charge < -0.3 is 14.8 Å². The van der Waals surface area contributed by atoms with Crippen LogP contribution < -0.4 is 5.32 Å². The molecule has 2 aliphatic carbocycles. The van der Waals surface area contributed by atoms with Crippen molar-refractivity contribution in [2.24, 2.45) is 11.3 Å². The van der Waals surface area contributed by atoms with Crippen molar-refractivity contribution in [1.29, 1.82) is 0 Å². The van der Waals surface area contributed by atoms with Crippen LogP contribution in [0.2, 0.25) is 0 Å². The molecule has 0 aromatic heterocycles. The lowest BCUT2D eigenvalue weighted by Gasteiger charge is -2.39. The van der Waals surface area contributed by atoms with Gasteiger partial charge in [0, 0.05) is 6.42 Å². The molecular weight excluding hydrogens is 320 g/mol. The van der Waals surface area contributed by atoms with Gasteiger partial charge in [0.2, 0.25) is 0 Å². The molecule has 0 heterocycles. The molecule has 2 atom stereocenters. The van der Waals surface area contributed by atoms with E-state index in [-0.39, 0.29) is 24.9 Å². The molecule has 2 fully saturated rings. The fourth-order valence-electron chi connectivity index (χ4n) is 3.32. The first-order valence-electron chi connectivity index (χ1n) is 8.52. The molecule has 7 heteroatoms. The lowest BCUT2D eigenvalue weighted by atomic mass is 9.73. The summed E-state index contributed by atoms with van der Waals surface area (Å²) in [5.74, 6) is -5.11. The summed E-state index contributed by atoms with van der Waals surface area (Å²) in [4.78, 5) is 24.3. The first kappa shape index (κ1) is 18.9. The number of carbonyl (C=O) groups is 2. The molecule has 0 aromatic rings. The zero-order valence-electron chi connectivity index (χ0n) is 14.8. The Morgan fingerprint density at radius 1 is 1.21 bits per heavy atom. The monoisotopic (exact) mass is 347 g/mol. The number of carbonyl (C=O) groups excluding carboxylic acids is 2. The number of halogens is 2. The summed E-state index contributed by atoms with van der Waals surface area (Å²) in [6, 6.07) is -1.40. The molecule has 24 heavy (non-hydrogen) atoms. The summed E-state index contributed by atoms with van der Waals surface area (Å²) in [6.07, 6.45) is 1.36. The smallest absolute Gasteiger partial charge is 0.408 e. The maximum atomic E-state index is 14.5. The van der Waals surface area contributed by atoms with Crippen LogP contribution in [0.4, 0.5) is 13.6 Å². The Bertz CT molecular complexity index is 497. The van der Waals surface area contributed by atoms with E-state index in [1.165, 1.54) is 0 Å². The van der Waals surface area contributed by atoms with Crippen molar-refractivity contribution in [2.45, 2.75) is 77.4 Å². The molecule has 2 aliphatic rings.